The number of amides is 1. The van der Waals surface area contributed by atoms with Gasteiger partial charge in [-0.15, -0.1) is 0 Å². The minimum absolute atomic E-state index is 0.138. The van der Waals surface area contributed by atoms with E-state index in [9.17, 15) is 4.79 Å². The molecule has 2 saturated heterocycles. The largest absolute Gasteiger partial charge is 0.497 e. The number of rotatable bonds is 7. The lowest BCUT2D eigenvalue weighted by molar-refractivity contribution is -0.142. The van der Waals surface area contributed by atoms with Gasteiger partial charge in [0.25, 0.3) is 5.91 Å². The summed E-state index contributed by atoms with van der Waals surface area (Å²) in [5.41, 5.74) is 1.07. The summed E-state index contributed by atoms with van der Waals surface area (Å²) < 4.78 is 16.3. The number of carbonyl (C=O) groups excluding carboxylic acids is 1. The zero-order valence-electron chi connectivity index (χ0n) is 18.4. The van der Waals surface area contributed by atoms with Crippen LogP contribution in [-0.2, 0) is 16.0 Å². The molecule has 1 aromatic carbocycles. The first-order chi connectivity index (χ1) is 14.7. The smallest absolute Gasteiger partial charge is 0.251 e. The van der Waals surface area contributed by atoms with Crippen LogP contribution in [0.3, 0.4) is 0 Å². The molecule has 0 aromatic heterocycles. The van der Waals surface area contributed by atoms with E-state index in [1.807, 2.05) is 23.1 Å². The Labute approximate surface area is 179 Å². The standard InChI is InChI=1S/C22H34N4O4/c1-4-23-22(24-10-9-17-16-18(28-2)7-8-19(17)29-3)26-13-11-25(12-14-26)21(27)20-6-5-15-30-20/h7-8,16,20H,4-6,9-15H2,1-3H3,(H,23,24). The van der Waals surface area contributed by atoms with Crippen molar-refractivity contribution in [3.05, 3.63) is 23.8 Å². The molecule has 1 aromatic rings. The summed E-state index contributed by atoms with van der Waals surface area (Å²) in [7, 11) is 3.34. The number of hydrogen-bond acceptors (Lipinski definition) is 5. The second-order valence-corrected chi connectivity index (χ2v) is 7.48. The number of aliphatic imine (C=N–C) groups is 1. The molecule has 1 N–H and O–H groups in total. The highest BCUT2D eigenvalue weighted by Gasteiger charge is 2.30. The van der Waals surface area contributed by atoms with Gasteiger partial charge in [-0.2, -0.15) is 0 Å². The van der Waals surface area contributed by atoms with Gasteiger partial charge >= 0.3 is 0 Å². The van der Waals surface area contributed by atoms with Crippen molar-refractivity contribution in [3.63, 3.8) is 0 Å². The molecule has 8 nitrogen and oxygen atoms in total. The molecule has 1 atom stereocenters. The molecule has 166 valence electrons. The second kappa shape index (κ2) is 11.1. The Morgan fingerprint density at radius 3 is 2.60 bits per heavy atom. The number of guanidine groups is 1. The molecule has 0 radical (unpaired) electrons. The summed E-state index contributed by atoms with van der Waals surface area (Å²) in [6.07, 6.45) is 2.34. The van der Waals surface area contributed by atoms with Crippen LogP contribution < -0.4 is 14.8 Å². The van der Waals surface area contributed by atoms with Crippen LogP contribution in [0.4, 0.5) is 0 Å². The highest BCUT2D eigenvalue weighted by Crippen LogP contribution is 2.24. The van der Waals surface area contributed by atoms with Crippen LogP contribution in [0.1, 0.15) is 25.3 Å². The molecule has 0 aliphatic carbocycles. The number of benzene rings is 1. The normalized spacial score (nSPS) is 19.7. The molecule has 3 rings (SSSR count). The van der Waals surface area contributed by atoms with E-state index in [0.717, 1.165) is 61.9 Å². The molecule has 2 aliphatic heterocycles. The van der Waals surface area contributed by atoms with E-state index in [2.05, 4.69) is 17.1 Å². The summed E-state index contributed by atoms with van der Waals surface area (Å²) in [5.74, 6) is 2.69. The average Bonchev–Trinajstić information content (AvgIpc) is 3.33. The van der Waals surface area contributed by atoms with Crippen LogP contribution in [0.5, 0.6) is 11.5 Å². The van der Waals surface area contributed by atoms with E-state index in [4.69, 9.17) is 19.2 Å². The summed E-state index contributed by atoms with van der Waals surface area (Å²) in [6.45, 7) is 7.15. The first kappa shape index (κ1) is 22.2. The fourth-order valence-electron chi connectivity index (χ4n) is 3.90. The predicted octanol–water partition coefficient (Wildman–Crippen LogP) is 1.54. The van der Waals surface area contributed by atoms with Gasteiger partial charge in [0, 0.05) is 45.9 Å². The quantitative estimate of drug-likeness (QED) is 0.535. The van der Waals surface area contributed by atoms with E-state index in [0.29, 0.717) is 26.2 Å². The Morgan fingerprint density at radius 2 is 1.97 bits per heavy atom. The first-order valence-corrected chi connectivity index (χ1v) is 10.8. The van der Waals surface area contributed by atoms with Crippen LogP contribution >= 0.6 is 0 Å². The highest BCUT2D eigenvalue weighted by atomic mass is 16.5. The van der Waals surface area contributed by atoms with Crippen molar-refractivity contribution < 1.29 is 19.0 Å². The topological polar surface area (TPSA) is 75.6 Å². The minimum atomic E-state index is -0.240. The van der Waals surface area contributed by atoms with Crippen molar-refractivity contribution in [2.24, 2.45) is 4.99 Å². The Bertz CT molecular complexity index is 726. The highest BCUT2D eigenvalue weighted by molar-refractivity contribution is 5.82. The van der Waals surface area contributed by atoms with Crippen molar-refractivity contribution in [1.29, 1.82) is 0 Å². The number of methoxy groups -OCH3 is 2. The van der Waals surface area contributed by atoms with Crippen LogP contribution in [0.25, 0.3) is 0 Å². The lowest BCUT2D eigenvalue weighted by atomic mass is 10.1. The summed E-state index contributed by atoms with van der Waals surface area (Å²) in [5, 5.41) is 3.38. The van der Waals surface area contributed by atoms with Crippen LogP contribution in [0.2, 0.25) is 0 Å². The Balaban J connectivity index is 1.57. The number of nitrogens with one attached hydrogen (secondary N) is 1. The van der Waals surface area contributed by atoms with Crippen molar-refractivity contribution in [1.82, 2.24) is 15.1 Å². The van der Waals surface area contributed by atoms with Gasteiger partial charge in [0.05, 0.1) is 14.2 Å². The van der Waals surface area contributed by atoms with Gasteiger partial charge in [0.2, 0.25) is 0 Å². The Kier molecular flexibility index (Phi) is 8.19. The molecule has 2 heterocycles. The van der Waals surface area contributed by atoms with Gasteiger partial charge in [-0.3, -0.25) is 9.79 Å². The maximum absolute atomic E-state index is 12.6. The fourth-order valence-corrected chi connectivity index (χ4v) is 3.90. The molecule has 0 spiro atoms. The van der Waals surface area contributed by atoms with E-state index in [-0.39, 0.29) is 12.0 Å². The molecule has 8 heteroatoms. The number of ether oxygens (including phenoxy) is 3. The Morgan fingerprint density at radius 1 is 1.20 bits per heavy atom. The fraction of sp³-hybridized carbons (Fsp3) is 0.636. The van der Waals surface area contributed by atoms with Gasteiger partial charge in [0.1, 0.15) is 17.6 Å². The number of hydrogen-bond donors (Lipinski definition) is 1. The van der Waals surface area contributed by atoms with Crippen LogP contribution in [0, 0.1) is 0 Å². The van der Waals surface area contributed by atoms with Crippen LogP contribution in [-0.4, -0.2) is 87.9 Å². The molecule has 2 fully saturated rings. The average molecular weight is 419 g/mol. The Hall–Kier alpha value is -2.48. The van der Waals surface area contributed by atoms with E-state index in [1.165, 1.54) is 0 Å². The molecule has 2 aliphatic rings. The third-order valence-corrected chi connectivity index (χ3v) is 5.56. The third kappa shape index (κ3) is 5.56. The summed E-state index contributed by atoms with van der Waals surface area (Å²) in [6, 6.07) is 5.82. The van der Waals surface area contributed by atoms with Gasteiger partial charge in [-0.1, -0.05) is 0 Å². The van der Waals surface area contributed by atoms with E-state index >= 15 is 0 Å². The van der Waals surface area contributed by atoms with Crippen molar-refractivity contribution in [2.75, 3.05) is 60.1 Å². The zero-order chi connectivity index (χ0) is 21.3. The summed E-state index contributed by atoms with van der Waals surface area (Å²) >= 11 is 0. The minimum Gasteiger partial charge on any atom is -0.497 e. The SMILES string of the molecule is CCNC(=NCCc1cc(OC)ccc1OC)N1CCN(C(=O)C2CCCO2)CC1. The predicted molar refractivity (Wildman–Crippen MR) is 116 cm³/mol. The monoisotopic (exact) mass is 418 g/mol. The zero-order valence-corrected chi connectivity index (χ0v) is 18.4. The molecule has 1 amide bonds. The maximum Gasteiger partial charge on any atom is 0.251 e. The van der Waals surface area contributed by atoms with E-state index in [1.54, 1.807) is 14.2 Å². The van der Waals surface area contributed by atoms with Crippen LogP contribution in [0.15, 0.2) is 23.2 Å². The lowest BCUT2D eigenvalue weighted by Gasteiger charge is -2.37. The molecule has 1 unspecified atom stereocenters. The lowest BCUT2D eigenvalue weighted by Crippen LogP contribution is -2.55. The third-order valence-electron chi connectivity index (χ3n) is 5.56. The maximum atomic E-state index is 12.6. The molecule has 30 heavy (non-hydrogen) atoms. The van der Waals surface area contributed by atoms with Gasteiger partial charge in [-0.25, -0.2) is 0 Å². The second-order valence-electron chi connectivity index (χ2n) is 7.48. The number of piperazine rings is 1. The van der Waals surface area contributed by atoms with Gasteiger partial charge in [-0.05, 0) is 49.9 Å². The summed E-state index contributed by atoms with van der Waals surface area (Å²) in [4.78, 5) is 21.5. The molecule has 0 saturated carbocycles. The molecule has 0 bridgehead atoms. The van der Waals surface area contributed by atoms with Crippen molar-refractivity contribution in [2.45, 2.75) is 32.3 Å². The van der Waals surface area contributed by atoms with Crippen molar-refractivity contribution >= 4 is 11.9 Å². The van der Waals surface area contributed by atoms with Gasteiger partial charge in [0.15, 0.2) is 5.96 Å². The van der Waals surface area contributed by atoms with E-state index < -0.39 is 0 Å². The number of nitrogens with zero attached hydrogens (tertiary/aromatic N) is 3. The van der Waals surface area contributed by atoms with Gasteiger partial charge < -0.3 is 29.3 Å². The molecular weight excluding hydrogens is 384 g/mol. The first-order valence-electron chi connectivity index (χ1n) is 10.8. The molecular formula is C22H34N4O4. The number of carbonyl (C=O) groups is 1. The van der Waals surface area contributed by atoms with Crippen molar-refractivity contribution in [3.8, 4) is 11.5 Å².